The largest absolute Gasteiger partial charge is 0.327 e. The van der Waals surface area contributed by atoms with Crippen molar-refractivity contribution in [1.82, 2.24) is 9.78 Å². The first kappa shape index (κ1) is 15.6. The summed E-state index contributed by atoms with van der Waals surface area (Å²) in [5.74, 6) is 1.92. The molecule has 1 unspecified atom stereocenters. The summed E-state index contributed by atoms with van der Waals surface area (Å²) in [6.07, 6.45) is 3.21. The van der Waals surface area contributed by atoms with Crippen molar-refractivity contribution in [2.45, 2.75) is 58.0 Å². The molecule has 0 aliphatic carbocycles. The van der Waals surface area contributed by atoms with Crippen molar-refractivity contribution < 1.29 is 0 Å². The molecule has 0 radical (unpaired) electrons. The van der Waals surface area contributed by atoms with Crippen molar-refractivity contribution in [3.63, 3.8) is 0 Å². The van der Waals surface area contributed by atoms with Crippen LogP contribution < -0.4 is 5.73 Å². The molecule has 3 nitrogen and oxygen atoms in total. The van der Waals surface area contributed by atoms with Gasteiger partial charge in [0.15, 0.2) is 0 Å². The van der Waals surface area contributed by atoms with E-state index in [1.807, 2.05) is 23.5 Å². The van der Waals surface area contributed by atoms with Crippen LogP contribution in [-0.4, -0.2) is 21.6 Å². The van der Waals surface area contributed by atoms with Gasteiger partial charge in [0, 0.05) is 18.7 Å². The summed E-state index contributed by atoms with van der Waals surface area (Å²) in [6.45, 7) is 8.76. The monoisotopic (exact) mass is 269 g/mol. The molecule has 1 aromatic rings. The average Bonchev–Trinajstić information content (AvgIpc) is 2.55. The van der Waals surface area contributed by atoms with Crippen LogP contribution in [0, 0.1) is 12.8 Å². The Morgan fingerprint density at radius 1 is 1.39 bits per heavy atom. The van der Waals surface area contributed by atoms with E-state index < -0.39 is 0 Å². The zero-order valence-electron chi connectivity index (χ0n) is 12.4. The van der Waals surface area contributed by atoms with Gasteiger partial charge in [-0.15, -0.1) is 11.8 Å². The van der Waals surface area contributed by atoms with E-state index in [1.165, 1.54) is 17.0 Å². The molecule has 104 valence electrons. The lowest BCUT2D eigenvalue weighted by Gasteiger charge is -2.11. The molecule has 1 aromatic heterocycles. The maximum atomic E-state index is 6.08. The molecule has 0 aromatic carbocycles. The topological polar surface area (TPSA) is 43.8 Å². The van der Waals surface area contributed by atoms with Crippen LogP contribution in [0.15, 0.2) is 5.03 Å². The summed E-state index contributed by atoms with van der Waals surface area (Å²) in [4.78, 5) is 0. The normalized spacial score (nSPS) is 13.3. The number of rotatable bonds is 7. The van der Waals surface area contributed by atoms with E-state index in [9.17, 15) is 0 Å². The van der Waals surface area contributed by atoms with Gasteiger partial charge in [0.05, 0.1) is 10.7 Å². The van der Waals surface area contributed by atoms with Crippen molar-refractivity contribution in [1.29, 1.82) is 0 Å². The van der Waals surface area contributed by atoms with E-state index in [1.54, 1.807) is 0 Å². The standard InChI is InChI=1S/C14H27N3S/c1-6-12(15)9-13-11(4)16-17(5)14(13)18-8-7-10(2)3/h10,12H,6-9,15H2,1-5H3. The van der Waals surface area contributed by atoms with Gasteiger partial charge in [0.25, 0.3) is 0 Å². The molecule has 18 heavy (non-hydrogen) atoms. The molecule has 2 N–H and O–H groups in total. The van der Waals surface area contributed by atoms with E-state index >= 15 is 0 Å². The summed E-state index contributed by atoms with van der Waals surface area (Å²) in [5, 5.41) is 5.84. The molecule has 0 spiro atoms. The fourth-order valence-corrected chi connectivity index (χ4v) is 3.31. The number of nitrogens with zero attached hydrogens (tertiary/aromatic N) is 2. The molecule has 1 heterocycles. The third kappa shape index (κ3) is 4.32. The third-order valence-corrected chi connectivity index (χ3v) is 4.44. The number of nitrogens with two attached hydrogens (primary N) is 1. The predicted molar refractivity (Wildman–Crippen MR) is 80.1 cm³/mol. The SMILES string of the molecule is CCC(N)Cc1c(C)nn(C)c1SCCC(C)C. The first-order chi connectivity index (χ1) is 8.45. The molecule has 1 rings (SSSR count). The first-order valence-electron chi connectivity index (χ1n) is 6.86. The van der Waals surface area contributed by atoms with Gasteiger partial charge >= 0.3 is 0 Å². The van der Waals surface area contributed by atoms with Gasteiger partial charge in [-0.25, -0.2) is 0 Å². The summed E-state index contributed by atoms with van der Waals surface area (Å²) >= 11 is 1.92. The highest BCUT2D eigenvalue weighted by molar-refractivity contribution is 7.99. The minimum atomic E-state index is 0.248. The molecule has 0 bridgehead atoms. The van der Waals surface area contributed by atoms with Gasteiger partial charge in [0.1, 0.15) is 0 Å². The Morgan fingerprint density at radius 3 is 2.61 bits per heavy atom. The summed E-state index contributed by atoms with van der Waals surface area (Å²) in [5.41, 5.74) is 8.56. The summed E-state index contributed by atoms with van der Waals surface area (Å²) < 4.78 is 2.01. The maximum Gasteiger partial charge on any atom is 0.0971 e. The lowest BCUT2D eigenvalue weighted by atomic mass is 10.1. The quantitative estimate of drug-likeness (QED) is 0.773. The average molecular weight is 269 g/mol. The van der Waals surface area contributed by atoms with Crippen LogP contribution in [0.2, 0.25) is 0 Å². The second-order valence-electron chi connectivity index (χ2n) is 5.40. The van der Waals surface area contributed by atoms with E-state index in [2.05, 4.69) is 32.8 Å². The van der Waals surface area contributed by atoms with Gasteiger partial charge in [-0.3, -0.25) is 4.68 Å². The van der Waals surface area contributed by atoms with Crippen LogP contribution in [0.25, 0.3) is 0 Å². The lowest BCUT2D eigenvalue weighted by Crippen LogP contribution is -2.22. The highest BCUT2D eigenvalue weighted by atomic mass is 32.2. The predicted octanol–water partition coefficient (Wildman–Crippen LogP) is 3.15. The minimum absolute atomic E-state index is 0.248. The van der Waals surface area contributed by atoms with Crippen LogP contribution in [0.4, 0.5) is 0 Å². The molecule has 0 fully saturated rings. The van der Waals surface area contributed by atoms with Gasteiger partial charge in [-0.1, -0.05) is 20.8 Å². The van der Waals surface area contributed by atoms with Gasteiger partial charge in [-0.2, -0.15) is 5.10 Å². The molecular weight excluding hydrogens is 242 g/mol. The van der Waals surface area contributed by atoms with Crippen LogP contribution in [-0.2, 0) is 13.5 Å². The van der Waals surface area contributed by atoms with Gasteiger partial charge in [-0.05, 0) is 37.9 Å². The third-order valence-electron chi connectivity index (χ3n) is 3.21. The molecule has 0 saturated heterocycles. The van der Waals surface area contributed by atoms with E-state index in [4.69, 9.17) is 5.73 Å². The van der Waals surface area contributed by atoms with Crippen molar-refractivity contribution >= 4 is 11.8 Å². The summed E-state index contributed by atoms with van der Waals surface area (Å²) in [7, 11) is 2.03. The highest BCUT2D eigenvalue weighted by Crippen LogP contribution is 2.27. The highest BCUT2D eigenvalue weighted by Gasteiger charge is 2.15. The maximum absolute atomic E-state index is 6.08. The Morgan fingerprint density at radius 2 is 2.06 bits per heavy atom. The number of thioether (sulfide) groups is 1. The Hall–Kier alpha value is -0.480. The van der Waals surface area contributed by atoms with Crippen LogP contribution in [0.5, 0.6) is 0 Å². The van der Waals surface area contributed by atoms with Crippen LogP contribution in [0.3, 0.4) is 0 Å². The van der Waals surface area contributed by atoms with Crippen molar-refractivity contribution in [3.8, 4) is 0 Å². The van der Waals surface area contributed by atoms with Crippen LogP contribution in [0.1, 0.15) is 44.9 Å². The molecule has 0 saturated carbocycles. The van der Waals surface area contributed by atoms with Crippen molar-refractivity contribution in [2.24, 2.45) is 18.7 Å². The smallest absolute Gasteiger partial charge is 0.0971 e. The second kappa shape index (κ2) is 7.19. The number of aromatic nitrogens is 2. The van der Waals surface area contributed by atoms with Gasteiger partial charge < -0.3 is 5.73 Å². The Kier molecular flexibility index (Phi) is 6.22. The molecular formula is C14H27N3S. The molecule has 4 heteroatoms. The number of aryl methyl sites for hydroxylation is 2. The second-order valence-corrected chi connectivity index (χ2v) is 6.48. The first-order valence-corrected chi connectivity index (χ1v) is 7.85. The Bertz CT molecular complexity index is 371. The Labute approximate surface area is 116 Å². The van der Waals surface area contributed by atoms with Crippen molar-refractivity contribution in [3.05, 3.63) is 11.3 Å². The zero-order chi connectivity index (χ0) is 13.7. The Balaban J connectivity index is 2.75. The molecule has 0 amide bonds. The molecule has 0 aliphatic rings. The van der Waals surface area contributed by atoms with Gasteiger partial charge in [0.2, 0.25) is 0 Å². The van der Waals surface area contributed by atoms with E-state index in [-0.39, 0.29) is 6.04 Å². The zero-order valence-corrected chi connectivity index (χ0v) is 13.2. The number of hydrogen-bond donors (Lipinski definition) is 1. The fraction of sp³-hybridized carbons (Fsp3) is 0.786. The molecule has 0 aliphatic heterocycles. The summed E-state index contributed by atoms with van der Waals surface area (Å²) in [6, 6.07) is 0.248. The lowest BCUT2D eigenvalue weighted by molar-refractivity contribution is 0.624. The van der Waals surface area contributed by atoms with Crippen molar-refractivity contribution in [2.75, 3.05) is 5.75 Å². The fourth-order valence-electron chi connectivity index (χ4n) is 1.89. The number of hydrogen-bond acceptors (Lipinski definition) is 3. The van der Waals surface area contributed by atoms with E-state index in [0.29, 0.717) is 0 Å². The molecule has 1 atom stereocenters. The van der Waals surface area contributed by atoms with E-state index in [0.717, 1.165) is 30.2 Å². The van der Waals surface area contributed by atoms with Crippen LogP contribution >= 0.6 is 11.8 Å². The minimum Gasteiger partial charge on any atom is -0.327 e.